The van der Waals surface area contributed by atoms with E-state index in [-0.39, 0.29) is 30.7 Å². The van der Waals surface area contributed by atoms with Crippen molar-refractivity contribution >= 4 is 30.7 Å². The van der Waals surface area contributed by atoms with Crippen molar-refractivity contribution in [2.75, 3.05) is 39.8 Å². The van der Waals surface area contributed by atoms with Crippen LogP contribution in [0.1, 0.15) is 25.7 Å². The molecule has 0 aromatic heterocycles. The Balaban J connectivity index is 0.00000162. The van der Waals surface area contributed by atoms with E-state index in [1.807, 2.05) is 0 Å². The molecular weight excluding hydrogens is 285 g/mol. The number of rotatable bonds is 5. The topological polar surface area (TPSA) is 44.4 Å². The lowest BCUT2D eigenvalue weighted by atomic mass is 10.0. The number of carbonyl (C=O) groups excluding carboxylic acids is 1. The molecule has 0 aromatic carbocycles. The summed E-state index contributed by atoms with van der Waals surface area (Å²) in [5, 5.41) is 6.42. The summed E-state index contributed by atoms with van der Waals surface area (Å²) < 4.78 is 0. The van der Waals surface area contributed by atoms with Crippen LogP contribution in [0, 0.1) is 11.8 Å². The van der Waals surface area contributed by atoms with Crippen LogP contribution in [-0.4, -0.2) is 50.6 Å². The first-order valence-corrected chi connectivity index (χ1v) is 6.90. The van der Waals surface area contributed by atoms with Crippen LogP contribution in [0.25, 0.3) is 0 Å². The standard InChI is InChI=1S/C13H25N3O.2ClH/c1-16-7-5-12(10-16)9-15-13(17)3-2-11-4-6-14-8-11;;/h11-12,14H,2-10H2,1H3,(H,15,17);2*1H. The van der Waals surface area contributed by atoms with E-state index in [1.165, 1.54) is 19.4 Å². The third kappa shape index (κ3) is 6.80. The second kappa shape index (κ2) is 9.81. The molecular formula is C13H27Cl2N3O. The lowest BCUT2D eigenvalue weighted by Gasteiger charge is -2.12. The predicted molar refractivity (Wildman–Crippen MR) is 83.3 cm³/mol. The van der Waals surface area contributed by atoms with Gasteiger partial charge in [-0.05, 0) is 57.8 Å². The molecule has 2 unspecified atom stereocenters. The first-order chi connectivity index (χ1) is 8.24. The molecule has 2 N–H and O–H groups in total. The van der Waals surface area contributed by atoms with Gasteiger partial charge < -0.3 is 15.5 Å². The Kier molecular flexibility index (Phi) is 9.79. The summed E-state index contributed by atoms with van der Waals surface area (Å²) in [5.41, 5.74) is 0. The molecule has 4 nitrogen and oxygen atoms in total. The molecule has 2 aliphatic rings. The first-order valence-electron chi connectivity index (χ1n) is 6.90. The maximum absolute atomic E-state index is 11.7. The molecule has 0 saturated carbocycles. The number of halogens is 2. The largest absolute Gasteiger partial charge is 0.356 e. The second-order valence-electron chi connectivity index (χ2n) is 5.62. The maximum atomic E-state index is 11.7. The van der Waals surface area contributed by atoms with E-state index in [0.29, 0.717) is 12.3 Å². The maximum Gasteiger partial charge on any atom is 0.220 e. The highest BCUT2D eigenvalue weighted by atomic mass is 35.5. The van der Waals surface area contributed by atoms with Gasteiger partial charge in [0.25, 0.3) is 0 Å². The van der Waals surface area contributed by atoms with Gasteiger partial charge in [0.05, 0.1) is 0 Å². The van der Waals surface area contributed by atoms with Gasteiger partial charge in [-0.2, -0.15) is 0 Å². The van der Waals surface area contributed by atoms with E-state index in [9.17, 15) is 4.79 Å². The Bertz CT molecular complexity index is 260. The quantitative estimate of drug-likeness (QED) is 0.804. The zero-order valence-corrected chi connectivity index (χ0v) is 13.3. The molecule has 2 heterocycles. The van der Waals surface area contributed by atoms with Gasteiger partial charge in [0.15, 0.2) is 0 Å². The van der Waals surface area contributed by atoms with Gasteiger partial charge in [-0.1, -0.05) is 0 Å². The summed E-state index contributed by atoms with van der Waals surface area (Å²) in [4.78, 5) is 14.0. The molecule has 2 fully saturated rings. The summed E-state index contributed by atoms with van der Waals surface area (Å²) in [6.45, 7) is 5.40. The van der Waals surface area contributed by atoms with Crippen LogP contribution in [-0.2, 0) is 4.79 Å². The number of likely N-dealkylation sites (tertiary alicyclic amines) is 1. The molecule has 19 heavy (non-hydrogen) atoms. The Hall–Kier alpha value is -0.0300. The molecule has 0 aromatic rings. The SMILES string of the molecule is CN1CCC(CNC(=O)CCC2CCNC2)C1.Cl.Cl. The molecule has 0 aliphatic carbocycles. The van der Waals surface area contributed by atoms with Crippen LogP contribution in [0.5, 0.6) is 0 Å². The van der Waals surface area contributed by atoms with Crippen molar-refractivity contribution in [1.29, 1.82) is 0 Å². The van der Waals surface area contributed by atoms with E-state index in [4.69, 9.17) is 0 Å². The predicted octanol–water partition coefficient (Wildman–Crippen LogP) is 1.29. The summed E-state index contributed by atoms with van der Waals surface area (Å²) in [6, 6.07) is 0. The molecule has 114 valence electrons. The fraction of sp³-hybridized carbons (Fsp3) is 0.923. The highest BCUT2D eigenvalue weighted by molar-refractivity contribution is 5.85. The zero-order chi connectivity index (χ0) is 12.1. The molecule has 2 saturated heterocycles. The van der Waals surface area contributed by atoms with Gasteiger partial charge in [0.2, 0.25) is 5.91 Å². The summed E-state index contributed by atoms with van der Waals surface area (Å²) in [5.74, 6) is 1.63. The average molecular weight is 312 g/mol. The molecule has 0 radical (unpaired) electrons. The molecule has 1 amide bonds. The number of nitrogens with zero attached hydrogens (tertiary/aromatic N) is 1. The van der Waals surface area contributed by atoms with Crippen molar-refractivity contribution in [3.8, 4) is 0 Å². The molecule has 2 rings (SSSR count). The number of hydrogen-bond acceptors (Lipinski definition) is 3. The van der Waals surface area contributed by atoms with Crippen LogP contribution >= 0.6 is 24.8 Å². The van der Waals surface area contributed by atoms with Crippen LogP contribution in [0.2, 0.25) is 0 Å². The van der Waals surface area contributed by atoms with Gasteiger partial charge in [-0.25, -0.2) is 0 Å². The third-order valence-electron chi connectivity index (χ3n) is 4.02. The average Bonchev–Trinajstić information content (AvgIpc) is 2.95. The lowest BCUT2D eigenvalue weighted by Crippen LogP contribution is -2.30. The van der Waals surface area contributed by atoms with Gasteiger partial charge >= 0.3 is 0 Å². The van der Waals surface area contributed by atoms with Crippen LogP contribution in [0.15, 0.2) is 0 Å². The Labute approximate surface area is 128 Å². The zero-order valence-electron chi connectivity index (χ0n) is 11.7. The van der Waals surface area contributed by atoms with Crippen molar-refractivity contribution in [1.82, 2.24) is 15.5 Å². The summed E-state index contributed by atoms with van der Waals surface area (Å²) in [6.07, 6.45) is 4.21. The normalized spacial score (nSPS) is 26.6. The Morgan fingerprint density at radius 3 is 2.68 bits per heavy atom. The van der Waals surface area contributed by atoms with Gasteiger partial charge in [-0.15, -0.1) is 24.8 Å². The lowest BCUT2D eigenvalue weighted by molar-refractivity contribution is -0.121. The molecule has 2 atom stereocenters. The molecule has 0 bridgehead atoms. The minimum atomic E-state index is 0. The van der Waals surface area contributed by atoms with E-state index >= 15 is 0 Å². The molecule has 0 spiro atoms. The molecule has 6 heteroatoms. The fourth-order valence-corrected chi connectivity index (χ4v) is 2.84. The van der Waals surface area contributed by atoms with Crippen molar-refractivity contribution in [2.45, 2.75) is 25.7 Å². The fourth-order valence-electron chi connectivity index (χ4n) is 2.84. The first kappa shape index (κ1) is 19.0. The second-order valence-corrected chi connectivity index (χ2v) is 5.62. The number of hydrogen-bond donors (Lipinski definition) is 2. The van der Waals surface area contributed by atoms with E-state index in [0.717, 1.165) is 38.5 Å². The van der Waals surface area contributed by atoms with Crippen molar-refractivity contribution < 1.29 is 4.79 Å². The van der Waals surface area contributed by atoms with Crippen LogP contribution in [0.4, 0.5) is 0 Å². The molecule has 2 aliphatic heterocycles. The highest BCUT2D eigenvalue weighted by Gasteiger charge is 2.20. The van der Waals surface area contributed by atoms with E-state index in [1.54, 1.807) is 0 Å². The third-order valence-corrected chi connectivity index (χ3v) is 4.02. The van der Waals surface area contributed by atoms with Crippen molar-refractivity contribution in [3.05, 3.63) is 0 Å². The summed E-state index contributed by atoms with van der Waals surface area (Å²) >= 11 is 0. The van der Waals surface area contributed by atoms with Gasteiger partial charge in [-0.3, -0.25) is 4.79 Å². The van der Waals surface area contributed by atoms with E-state index in [2.05, 4.69) is 22.6 Å². The summed E-state index contributed by atoms with van der Waals surface area (Å²) in [7, 11) is 2.15. The highest BCUT2D eigenvalue weighted by Crippen LogP contribution is 2.15. The number of nitrogens with one attached hydrogen (secondary N) is 2. The van der Waals surface area contributed by atoms with Crippen LogP contribution in [0.3, 0.4) is 0 Å². The smallest absolute Gasteiger partial charge is 0.220 e. The Morgan fingerprint density at radius 1 is 1.32 bits per heavy atom. The number of carbonyl (C=O) groups is 1. The monoisotopic (exact) mass is 311 g/mol. The Morgan fingerprint density at radius 2 is 2.11 bits per heavy atom. The van der Waals surface area contributed by atoms with Crippen molar-refractivity contribution in [3.63, 3.8) is 0 Å². The van der Waals surface area contributed by atoms with Crippen LogP contribution < -0.4 is 10.6 Å². The van der Waals surface area contributed by atoms with Gasteiger partial charge in [0, 0.05) is 19.5 Å². The van der Waals surface area contributed by atoms with Gasteiger partial charge in [0.1, 0.15) is 0 Å². The number of amides is 1. The minimum absolute atomic E-state index is 0. The van der Waals surface area contributed by atoms with Crippen molar-refractivity contribution in [2.24, 2.45) is 11.8 Å². The van der Waals surface area contributed by atoms with E-state index < -0.39 is 0 Å². The minimum Gasteiger partial charge on any atom is -0.356 e.